The van der Waals surface area contributed by atoms with Gasteiger partial charge in [0.2, 0.25) is 0 Å². The van der Waals surface area contributed by atoms with Crippen molar-refractivity contribution in [2.24, 2.45) is 10.9 Å². The summed E-state index contributed by atoms with van der Waals surface area (Å²) >= 11 is 0. The van der Waals surface area contributed by atoms with Gasteiger partial charge in [-0.25, -0.2) is 4.99 Å². The molecule has 2 atom stereocenters. The van der Waals surface area contributed by atoms with E-state index in [9.17, 15) is 14.7 Å². The van der Waals surface area contributed by atoms with Gasteiger partial charge < -0.3 is 19.4 Å². The number of hydrogen-bond donors (Lipinski definition) is 1. The standard InChI is InChI=1S/C13H15NO5/c1-2-18-12(17)6-5-11-14-13-8(7-15)9(16)3-4-10(13)19-11/h3-4,7-8,13,16H,2,5-6H2,1H3. The van der Waals surface area contributed by atoms with Crippen molar-refractivity contribution in [3.63, 3.8) is 0 Å². The van der Waals surface area contributed by atoms with E-state index in [1.54, 1.807) is 13.0 Å². The van der Waals surface area contributed by atoms with E-state index < -0.39 is 12.0 Å². The molecule has 0 bridgehead atoms. The SMILES string of the molecule is CCOC(=O)CCC1=NC2C(=CC=C(O)C2C=O)O1. The maximum Gasteiger partial charge on any atom is 0.306 e. The van der Waals surface area contributed by atoms with Crippen LogP contribution in [0.4, 0.5) is 0 Å². The highest BCUT2D eigenvalue weighted by molar-refractivity contribution is 5.84. The monoisotopic (exact) mass is 265 g/mol. The lowest BCUT2D eigenvalue weighted by molar-refractivity contribution is -0.143. The van der Waals surface area contributed by atoms with E-state index in [-0.39, 0.29) is 18.1 Å². The van der Waals surface area contributed by atoms with Crippen LogP contribution in [0, 0.1) is 5.92 Å². The van der Waals surface area contributed by atoms with E-state index in [4.69, 9.17) is 9.47 Å². The molecule has 1 heterocycles. The molecule has 0 fully saturated rings. The van der Waals surface area contributed by atoms with Crippen molar-refractivity contribution in [1.82, 2.24) is 0 Å². The van der Waals surface area contributed by atoms with Crippen LogP contribution in [0.2, 0.25) is 0 Å². The van der Waals surface area contributed by atoms with Crippen molar-refractivity contribution in [3.05, 3.63) is 23.7 Å². The fourth-order valence-corrected chi connectivity index (χ4v) is 1.97. The fraction of sp³-hybridized carbons (Fsp3) is 0.462. The number of aliphatic hydroxyl groups is 1. The summed E-state index contributed by atoms with van der Waals surface area (Å²) in [5, 5.41) is 9.58. The summed E-state index contributed by atoms with van der Waals surface area (Å²) < 4.78 is 10.3. The quantitative estimate of drug-likeness (QED) is 0.598. The van der Waals surface area contributed by atoms with Crippen LogP contribution in [0.3, 0.4) is 0 Å². The summed E-state index contributed by atoms with van der Waals surface area (Å²) in [4.78, 5) is 26.4. The van der Waals surface area contributed by atoms with Crippen molar-refractivity contribution >= 4 is 18.2 Å². The second-order valence-corrected chi connectivity index (χ2v) is 4.20. The van der Waals surface area contributed by atoms with Crippen molar-refractivity contribution in [3.8, 4) is 0 Å². The highest BCUT2D eigenvalue weighted by atomic mass is 16.5. The van der Waals surface area contributed by atoms with Crippen LogP contribution in [0.25, 0.3) is 0 Å². The van der Waals surface area contributed by atoms with Crippen molar-refractivity contribution in [2.45, 2.75) is 25.8 Å². The summed E-state index contributed by atoms with van der Waals surface area (Å²) in [5.74, 6) is -0.138. The van der Waals surface area contributed by atoms with Gasteiger partial charge in [0.25, 0.3) is 0 Å². The number of allylic oxidation sites excluding steroid dienone is 2. The van der Waals surface area contributed by atoms with Gasteiger partial charge in [0.05, 0.1) is 13.0 Å². The molecule has 1 aliphatic carbocycles. The maximum absolute atomic E-state index is 11.2. The van der Waals surface area contributed by atoms with Crippen LogP contribution in [-0.4, -0.2) is 35.9 Å². The number of aldehydes is 1. The van der Waals surface area contributed by atoms with Crippen LogP contribution in [-0.2, 0) is 19.1 Å². The number of rotatable bonds is 5. The molecule has 0 aromatic rings. The first-order chi connectivity index (χ1) is 9.15. The predicted octanol–water partition coefficient (Wildman–Crippen LogP) is 1.28. The smallest absolute Gasteiger partial charge is 0.306 e. The molecule has 0 saturated heterocycles. The zero-order valence-electron chi connectivity index (χ0n) is 10.5. The topological polar surface area (TPSA) is 85.2 Å². The molecule has 2 unspecified atom stereocenters. The Balaban J connectivity index is 1.98. The average molecular weight is 265 g/mol. The highest BCUT2D eigenvalue weighted by Gasteiger charge is 2.36. The Labute approximate surface area is 110 Å². The number of aliphatic hydroxyl groups excluding tert-OH is 1. The lowest BCUT2D eigenvalue weighted by Crippen LogP contribution is -2.24. The minimum atomic E-state index is -0.708. The van der Waals surface area contributed by atoms with Gasteiger partial charge in [0.15, 0.2) is 5.90 Å². The first kappa shape index (κ1) is 13.3. The van der Waals surface area contributed by atoms with Gasteiger partial charge in [0.1, 0.15) is 29.8 Å². The molecule has 2 aliphatic rings. The van der Waals surface area contributed by atoms with E-state index in [0.717, 1.165) is 0 Å². The molecule has 1 aliphatic heterocycles. The number of ether oxygens (including phenoxy) is 2. The van der Waals surface area contributed by atoms with Crippen LogP contribution < -0.4 is 0 Å². The van der Waals surface area contributed by atoms with E-state index in [1.807, 2.05) is 0 Å². The third kappa shape index (κ3) is 2.83. The summed E-state index contributed by atoms with van der Waals surface area (Å²) in [5.41, 5.74) is 0. The minimum absolute atomic E-state index is 0.0252. The van der Waals surface area contributed by atoms with Gasteiger partial charge in [-0.05, 0) is 19.1 Å². The summed E-state index contributed by atoms with van der Waals surface area (Å²) in [7, 11) is 0. The Hall–Kier alpha value is -2.11. The Morgan fingerprint density at radius 2 is 2.37 bits per heavy atom. The zero-order chi connectivity index (χ0) is 13.8. The molecule has 0 aromatic carbocycles. The first-order valence-corrected chi connectivity index (χ1v) is 6.12. The lowest BCUT2D eigenvalue weighted by Gasteiger charge is -2.18. The molecule has 0 saturated carbocycles. The number of fused-ring (bicyclic) bond motifs is 1. The normalized spacial score (nSPS) is 24.6. The van der Waals surface area contributed by atoms with Crippen LogP contribution in [0.1, 0.15) is 19.8 Å². The number of aliphatic imine (C=N–C) groups is 1. The molecular formula is C13H15NO5. The van der Waals surface area contributed by atoms with Gasteiger partial charge in [0, 0.05) is 6.42 Å². The van der Waals surface area contributed by atoms with E-state index in [1.165, 1.54) is 6.08 Å². The van der Waals surface area contributed by atoms with E-state index >= 15 is 0 Å². The molecule has 19 heavy (non-hydrogen) atoms. The minimum Gasteiger partial charge on any atom is -0.511 e. The third-order valence-electron chi connectivity index (χ3n) is 2.91. The number of esters is 1. The Bertz CT molecular complexity index is 477. The first-order valence-electron chi connectivity index (χ1n) is 6.12. The second-order valence-electron chi connectivity index (χ2n) is 4.20. The molecule has 0 amide bonds. The predicted molar refractivity (Wildman–Crippen MR) is 66.5 cm³/mol. The molecule has 0 spiro atoms. The second kappa shape index (κ2) is 5.69. The lowest BCUT2D eigenvalue weighted by atomic mass is 9.94. The average Bonchev–Trinajstić information content (AvgIpc) is 2.80. The van der Waals surface area contributed by atoms with Gasteiger partial charge in [-0.3, -0.25) is 4.79 Å². The molecule has 6 nitrogen and oxygen atoms in total. The highest BCUT2D eigenvalue weighted by Crippen LogP contribution is 2.31. The van der Waals surface area contributed by atoms with Crippen molar-refractivity contribution in [2.75, 3.05) is 6.61 Å². The van der Waals surface area contributed by atoms with Gasteiger partial charge >= 0.3 is 5.97 Å². The molecule has 102 valence electrons. The number of carbonyl (C=O) groups excluding carboxylic acids is 2. The van der Waals surface area contributed by atoms with Gasteiger partial charge in [-0.15, -0.1) is 0 Å². The van der Waals surface area contributed by atoms with Crippen LogP contribution in [0.5, 0.6) is 0 Å². The summed E-state index contributed by atoms with van der Waals surface area (Å²) in [6.07, 6.45) is 4.15. The Morgan fingerprint density at radius 1 is 1.58 bits per heavy atom. The van der Waals surface area contributed by atoms with Crippen molar-refractivity contribution < 1.29 is 24.2 Å². The van der Waals surface area contributed by atoms with Crippen LogP contribution in [0.15, 0.2) is 28.7 Å². The van der Waals surface area contributed by atoms with Crippen molar-refractivity contribution in [1.29, 1.82) is 0 Å². The zero-order valence-corrected chi connectivity index (χ0v) is 10.5. The molecule has 1 N–H and O–H groups in total. The number of nitrogens with zero attached hydrogens (tertiary/aromatic N) is 1. The van der Waals surface area contributed by atoms with Crippen LogP contribution >= 0.6 is 0 Å². The molecule has 6 heteroatoms. The molecule has 0 radical (unpaired) electrons. The summed E-state index contributed by atoms with van der Waals surface area (Å²) in [6.45, 7) is 2.08. The van der Waals surface area contributed by atoms with Gasteiger partial charge in [-0.1, -0.05) is 0 Å². The molecule has 2 rings (SSSR count). The molecular weight excluding hydrogens is 250 g/mol. The Morgan fingerprint density at radius 3 is 3.05 bits per heavy atom. The maximum atomic E-state index is 11.2. The summed E-state index contributed by atoms with van der Waals surface area (Å²) in [6, 6.07) is -0.514. The number of carbonyl (C=O) groups is 2. The molecule has 0 aromatic heterocycles. The van der Waals surface area contributed by atoms with Gasteiger partial charge in [-0.2, -0.15) is 0 Å². The fourth-order valence-electron chi connectivity index (χ4n) is 1.97. The van der Waals surface area contributed by atoms with E-state index in [0.29, 0.717) is 31.0 Å². The number of hydrogen-bond acceptors (Lipinski definition) is 6. The largest absolute Gasteiger partial charge is 0.511 e. The van der Waals surface area contributed by atoms with E-state index in [2.05, 4.69) is 4.99 Å². The third-order valence-corrected chi connectivity index (χ3v) is 2.91. The Kier molecular flexibility index (Phi) is 3.99.